The molecule has 4 aromatic rings. The number of rotatable bonds is 5. The zero-order valence-electron chi connectivity index (χ0n) is 13.4. The summed E-state index contributed by atoms with van der Waals surface area (Å²) in [6.45, 7) is -0.136. The third-order valence-corrected chi connectivity index (χ3v) is 5.12. The Bertz CT molecular complexity index is 1010. The zero-order chi connectivity index (χ0) is 17.2. The molecule has 1 unspecified atom stereocenters. The molecule has 1 N–H and O–H groups in total. The molecular weight excluding hydrogens is 332 g/mol. The average molecular weight is 348 g/mol. The van der Waals surface area contributed by atoms with E-state index >= 15 is 0 Å². The first kappa shape index (κ1) is 15.6. The highest BCUT2D eigenvalue weighted by Crippen LogP contribution is 2.39. The molecule has 0 bridgehead atoms. The summed E-state index contributed by atoms with van der Waals surface area (Å²) in [4.78, 5) is 14.7. The Hall–Kier alpha value is -2.92. The van der Waals surface area contributed by atoms with Gasteiger partial charge in [-0.2, -0.15) is 11.3 Å². The Morgan fingerprint density at radius 2 is 1.80 bits per heavy atom. The molecule has 0 aliphatic rings. The standard InChI is InChI=1S/C20H16N2O2S/c23-22(24)12-17(14-6-2-1-3-7-14)19-16-8-4-5-9-18(16)21-20(19)15-10-11-25-13-15/h1-11,13,17,21H,12H2. The van der Waals surface area contributed by atoms with Crippen molar-refractivity contribution in [1.82, 2.24) is 4.98 Å². The third-order valence-electron chi connectivity index (χ3n) is 4.44. The fraction of sp³-hybridized carbons (Fsp3) is 0.100. The van der Waals surface area contributed by atoms with Crippen molar-refractivity contribution in [2.24, 2.45) is 0 Å². The normalized spacial score (nSPS) is 12.3. The highest BCUT2D eigenvalue weighted by atomic mass is 32.1. The maximum absolute atomic E-state index is 11.4. The van der Waals surface area contributed by atoms with Crippen LogP contribution in [0.1, 0.15) is 17.0 Å². The summed E-state index contributed by atoms with van der Waals surface area (Å²) in [5, 5.41) is 16.5. The summed E-state index contributed by atoms with van der Waals surface area (Å²) in [6.07, 6.45) is 0. The number of H-pyrrole nitrogens is 1. The van der Waals surface area contributed by atoms with Gasteiger partial charge >= 0.3 is 0 Å². The fourth-order valence-electron chi connectivity index (χ4n) is 3.36. The average Bonchev–Trinajstić information content (AvgIpc) is 3.28. The van der Waals surface area contributed by atoms with Gasteiger partial charge in [-0.05, 0) is 28.6 Å². The van der Waals surface area contributed by atoms with E-state index in [1.54, 1.807) is 11.3 Å². The summed E-state index contributed by atoms with van der Waals surface area (Å²) in [6, 6.07) is 19.8. The number of nitrogens with one attached hydrogen (secondary N) is 1. The van der Waals surface area contributed by atoms with Crippen LogP contribution in [0.4, 0.5) is 0 Å². The molecule has 0 saturated heterocycles. The summed E-state index contributed by atoms with van der Waals surface area (Å²) in [5.74, 6) is -0.303. The van der Waals surface area contributed by atoms with E-state index in [2.05, 4.69) is 10.4 Å². The molecule has 0 spiro atoms. The largest absolute Gasteiger partial charge is 0.354 e. The quantitative estimate of drug-likeness (QED) is 0.393. The molecule has 0 radical (unpaired) electrons. The molecule has 1 atom stereocenters. The van der Waals surface area contributed by atoms with Gasteiger partial charge in [-0.15, -0.1) is 0 Å². The second-order valence-corrected chi connectivity index (χ2v) is 6.73. The number of hydrogen-bond donors (Lipinski definition) is 1. The summed E-state index contributed by atoms with van der Waals surface area (Å²) < 4.78 is 0. The smallest absolute Gasteiger partial charge is 0.214 e. The van der Waals surface area contributed by atoms with Crippen LogP contribution >= 0.6 is 11.3 Å². The van der Waals surface area contributed by atoms with Gasteiger partial charge in [0.25, 0.3) is 0 Å². The molecule has 4 nitrogen and oxygen atoms in total. The van der Waals surface area contributed by atoms with Crippen LogP contribution in [0.15, 0.2) is 71.4 Å². The van der Waals surface area contributed by atoms with Crippen LogP contribution in [0.3, 0.4) is 0 Å². The van der Waals surface area contributed by atoms with E-state index in [1.807, 2.05) is 66.0 Å². The van der Waals surface area contributed by atoms with Gasteiger partial charge in [-0.1, -0.05) is 48.5 Å². The highest BCUT2D eigenvalue weighted by Gasteiger charge is 2.27. The molecular formula is C20H16N2O2S. The van der Waals surface area contributed by atoms with Gasteiger partial charge in [-0.25, -0.2) is 0 Å². The number of aromatic amines is 1. The topological polar surface area (TPSA) is 58.9 Å². The van der Waals surface area contributed by atoms with Crippen LogP contribution in [-0.4, -0.2) is 16.5 Å². The second-order valence-electron chi connectivity index (χ2n) is 5.95. The van der Waals surface area contributed by atoms with Crippen LogP contribution in [0, 0.1) is 10.1 Å². The monoisotopic (exact) mass is 348 g/mol. The molecule has 0 amide bonds. The molecule has 2 heterocycles. The van der Waals surface area contributed by atoms with Crippen molar-refractivity contribution < 1.29 is 4.92 Å². The number of benzene rings is 2. The van der Waals surface area contributed by atoms with Gasteiger partial charge in [0, 0.05) is 26.8 Å². The van der Waals surface area contributed by atoms with E-state index in [4.69, 9.17) is 0 Å². The van der Waals surface area contributed by atoms with Gasteiger partial charge < -0.3 is 4.98 Å². The lowest BCUT2D eigenvalue weighted by molar-refractivity contribution is -0.481. The summed E-state index contributed by atoms with van der Waals surface area (Å²) >= 11 is 1.62. The molecule has 2 aromatic carbocycles. The van der Waals surface area contributed by atoms with Gasteiger partial charge in [0.05, 0.1) is 11.6 Å². The van der Waals surface area contributed by atoms with E-state index in [0.29, 0.717) is 0 Å². The van der Waals surface area contributed by atoms with Crippen LogP contribution in [0.2, 0.25) is 0 Å². The maximum atomic E-state index is 11.4. The number of para-hydroxylation sites is 1. The highest BCUT2D eigenvalue weighted by molar-refractivity contribution is 7.08. The number of aromatic nitrogens is 1. The Balaban J connectivity index is 1.99. The molecule has 5 heteroatoms. The first-order valence-corrected chi connectivity index (χ1v) is 8.98. The Labute approximate surface area is 148 Å². The molecule has 4 rings (SSSR count). The fourth-order valence-corrected chi connectivity index (χ4v) is 4.00. The van der Waals surface area contributed by atoms with E-state index in [9.17, 15) is 10.1 Å². The summed E-state index contributed by atoms with van der Waals surface area (Å²) in [7, 11) is 0. The second kappa shape index (κ2) is 6.53. The van der Waals surface area contributed by atoms with Crippen molar-refractivity contribution in [3.05, 3.63) is 92.7 Å². The molecule has 124 valence electrons. The minimum atomic E-state index is -0.303. The van der Waals surface area contributed by atoms with Crippen molar-refractivity contribution >= 4 is 22.2 Å². The predicted molar refractivity (Wildman–Crippen MR) is 102 cm³/mol. The van der Waals surface area contributed by atoms with E-state index in [1.165, 1.54) is 0 Å². The van der Waals surface area contributed by atoms with Crippen molar-refractivity contribution in [1.29, 1.82) is 0 Å². The number of nitro groups is 1. The van der Waals surface area contributed by atoms with Crippen molar-refractivity contribution in [3.8, 4) is 11.3 Å². The molecule has 0 aliphatic carbocycles. The van der Waals surface area contributed by atoms with Crippen molar-refractivity contribution in [2.45, 2.75) is 5.92 Å². The van der Waals surface area contributed by atoms with Gasteiger partial charge in [0.15, 0.2) is 0 Å². The lowest BCUT2D eigenvalue weighted by Crippen LogP contribution is -2.14. The molecule has 0 fully saturated rings. The number of thiophene rings is 1. The summed E-state index contributed by atoms with van der Waals surface area (Å²) in [5.41, 5.74) is 5.00. The molecule has 0 saturated carbocycles. The maximum Gasteiger partial charge on any atom is 0.214 e. The minimum absolute atomic E-state index is 0.136. The first-order valence-electron chi connectivity index (χ1n) is 8.04. The minimum Gasteiger partial charge on any atom is -0.354 e. The van der Waals surface area contributed by atoms with Gasteiger partial charge in [0.1, 0.15) is 0 Å². The predicted octanol–water partition coefficient (Wildman–Crippen LogP) is 5.31. The van der Waals surface area contributed by atoms with Crippen molar-refractivity contribution in [2.75, 3.05) is 6.54 Å². The van der Waals surface area contributed by atoms with Crippen LogP contribution in [-0.2, 0) is 0 Å². The van der Waals surface area contributed by atoms with Crippen LogP contribution < -0.4 is 0 Å². The lowest BCUT2D eigenvalue weighted by Gasteiger charge is -2.15. The SMILES string of the molecule is O=[N+]([O-])CC(c1ccccc1)c1c(-c2ccsc2)[nH]c2ccccc12. The third kappa shape index (κ3) is 2.94. The Morgan fingerprint density at radius 1 is 1.04 bits per heavy atom. The molecule has 0 aliphatic heterocycles. The lowest BCUT2D eigenvalue weighted by atomic mass is 9.88. The van der Waals surface area contributed by atoms with Crippen LogP contribution in [0.5, 0.6) is 0 Å². The van der Waals surface area contributed by atoms with E-state index in [0.717, 1.165) is 33.3 Å². The van der Waals surface area contributed by atoms with E-state index in [-0.39, 0.29) is 17.4 Å². The van der Waals surface area contributed by atoms with Gasteiger partial charge in [-0.3, -0.25) is 10.1 Å². The number of nitrogens with zero attached hydrogens (tertiary/aromatic N) is 1. The number of fused-ring (bicyclic) bond motifs is 1. The Morgan fingerprint density at radius 3 is 2.52 bits per heavy atom. The molecule has 25 heavy (non-hydrogen) atoms. The van der Waals surface area contributed by atoms with Crippen LogP contribution in [0.25, 0.3) is 22.2 Å². The molecule has 2 aromatic heterocycles. The van der Waals surface area contributed by atoms with E-state index < -0.39 is 0 Å². The Kier molecular flexibility index (Phi) is 4.07. The zero-order valence-corrected chi connectivity index (χ0v) is 14.2. The number of hydrogen-bond acceptors (Lipinski definition) is 3. The first-order chi connectivity index (χ1) is 12.2. The van der Waals surface area contributed by atoms with Gasteiger partial charge in [0.2, 0.25) is 6.54 Å². The van der Waals surface area contributed by atoms with Crippen molar-refractivity contribution in [3.63, 3.8) is 0 Å².